The molecule has 0 saturated heterocycles. The second-order valence-corrected chi connectivity index (χ2v) is 4.03. The number of rotatable bonds is 6. The fraction of sp³-hybridized carbons (Fsp3) is 0.273. The van der Waals surface area contributed by atoms with Gasteiger partial charge in [0, 0.05) is 6.42 Å². The molecule has 0 saturated carbocycles. The largest absolute Gasteiger partial charge is 0.481 e. The fourth-order valence-electron chi connectivity index (χ4n) is 1.29. The molecule has 0 fully saturated rings. The Bertz CT molecular complexity index is 506. The van der Waals surface area contributed by atoms with Crippen molar-refractivity contribution in [1.82, 2.24) is 10.3 Å². The standard InChI is InChI=1S/C11H11ClN2O5/c12-8-3-1-2-6(13-8)10(17)14-7(11(18)19)4-5-9(15)16/h1-3,7H,4-5H2,(H,14,17)(H,15,16)(H,18,19)/t7-/m0/s1. The molecule has 8 heteroatoms. The van der Waals surface area contributed by atoms with Crippen LogP contribution in [0, 0.1) is 0 Å². The predicted octanol–water partition coefficient (Wildman–Crippen LogP) is 0.783. The van der Waals surface area contributed by atoms with Gasteiger partial charge in [0.05, 0.1) is 0 Å². The number of halogens is 1. The van der Waals surface area contributed by atoms with E-state index in [4.69, 9.17) is 21.8 Å². The summed E-state index contributed by atoms with van der Waals surface area (Å²) in [5, 5.41) is 19.7. The molecular weight excluding hydrogens is 276 g/mol. The van der Waals surface area contributed by atoms with Crippen LogP contribution in [0.15, 0.2) is 18.2 Å². The van der Waals surface area contributed by atoms with Gasteiger partial charge in [0.25, 0.3) is 5.91 Å². The number of carbonyl (C=O) groups excluding carboxylic acids is 1. The highest BCUT2D eigenvalue weighted by Gasteiger charge is 2.22. The van der Waals surface area contributed by atoms with Crippen molar-refractivity contribution in [2.75, 3.05) is 0 Å². The summed E-state index contributed by atoms with van der Waals surface area (Å²) >= 11 is 5.61. The number of nitrogens with one attached hydrogen (secondary N) is 1. The maximum Gasteiger partial charge on any atom is 0.326 e. The van der Waals surface area contributed by atoms with Gasteiger partial charge in [-0.3, -0.25) is 9.59 Å². The van der Waals surface area contributed by atoms with E-state index in [1.165, 1.54) is 18.2 Å². The molecule has 0 aliphatic carbocycles. The molecule has 0 aliphatic rings. The minimum Gasteiger partial charge on any atom is -0.481 e. The highest BCUT2D eigenvalue weighted by molar-refractivity contribution is 6.29. The van der Waals surface area contributed by atoms with Gasteiger partial charge in [-0.05, 0) is 18.6 Å². The van der Waals surface area contributed by atoms with Crippen LogP contribution in [0.2, 0.25) is 5.15 Å². The molecule has 1 heterocycles. The van der Waals surface area contributed by atoms with E-state index in [-0.39, 0.29) is 23.7 Å². The van der Waals surface area contributed by atoms with E-state index in [9.17, 15) is 14.4 Å². The minimum absolute atomic E-state index is 0.0333. The Labute approximate surface area is 113 Å². The van der Waals surface area contributed by atoms with Crippen molar-refractivity contribution in [3.05, 3.63) is 29.0 Å². The van der Waals surface area contributed by atoms with E-state index >= 15 is 0 Å². The van der Waals surface area contributed by atoms with Gasteiger partial charge >= 0.3 is 11.9 Å². The van der Waals surface area contributed by atoms with Crippen molar-refractivity contribution < 1.29 is 24.6 Å². The lowest BCUT2D eigenvalue weighted by Gasteiger charge is -2.13. The smallest absolute Gasteiger partial charge is 0.326 e. The lowest BCUT2D eigenvalue weighted by Crippen LogP contribution is -2.41. The number of hydrogen-bond donors (Lipinski definition) is 3. The van der Waals surface area contributed by atoms with Gasteiger partial charge in [0.1, 0.15) is 16.9 Å². The van der Waals surface area contributed by atoms with Crippen LogP contribution < -0.4 is 5.32 Å². The lowest BCUT2D eigenvalue weighted by molar-refractivity contribution is -0.140. The van der Waals surface area contributed by atoms with Crippen molar-refractivity contribution in [2.24, 2.45) is 0 Å². The quantitative estimate of drug-likeness (QED) is 0.665. The number of aliphatic carboxylic acids is 2. The molecule has 0 aliphatic heterocycles. The average molecular weight is 287 g/mol. The van der Waals surface area contributed by atoms with Crippen LogP contribution in [0.4, 0.5) is 0 Å². The monoisotopic (exact) mass is 286 g/mol. The molecule has 0 unspecified atom stereocenters. The van der Waals surface area contributed by atoms with E-state index in [2.05, 4.69) is 10.3 Å². The Balaban J connectivity index is 2.71. The zero-order valence-corrected chi connectivity index (χ0v) is 10.4. The Hall–Kier alpha value is -2.15. The summed E-state index contributed by atoms with van der Waals surface area (Å²) in [4.78, 5) is 36.7. The number of carboxylic acids is 2. The SMILES string of the molecule is O=C(O)CC[C@H](NC(=O)c1cccc(Cl)n1)C(=O)O. The Kier molecular flexibility index (Phi) is 5.25. The fourth-order valence-corrected chi connectivity index (χ4v) is 1.46. The van der Waals surface area contributed by atoms with Gasteiger partial charge in [-0.25, -0.2) is 9.78 Å². The van der Waals surface area contributed by atoms with Gasteiger partial charge in [0.15, 0.2) is 0 Å². The molecule has 1 rings (SSSR count). The van der Waals surface area contributed by atoms with Crippen LogP contribution in [0.1, 0.15) is 23.3 Å². The average Bonchev–Trinajstić information content (AvgIpc) is 2.33. The van der Waals surface area contributed by atoms with E-state index in [1.54, 1.807) is 0 Å². The molecule has 7 nitrogen and oxygen atoms in total. The number of amides is 1. The summed E-state index contributed by atoms with van der Waals surface area (Å²) in [5.41, 5.74) is -0.0333. The summed E-state index contributed by atoms with van der Waals surface area (Å²) in [5.74, 6) is -3.17. The Morgan fingerprint density at radius 2 is 2.00 bits per heavy atom. The number of hydrogen-bond acceptors (Lipinski definition) is 4. The van der Waals surface area contributed by atoms with Gasteiger partial charge in [0.2, 0.25) is 0 Å². The third-order valence-electron chi connectivity index (χ3n) is 2.20. The van der Waals surface area contributed by atoms with Crippen LogP contribution in [0.5, 0.6) is 0 Å². The maximum absolute atomic E-state index is 11.7. The number of nitrogens with zero attached hydrogens (tertiary/aromatic N) is 1. The molecule has 0 bridgehead atoms. The topological polar surface area (TPSA) is 117 Å². The lowest BCUT2D eigenvalue weighted by atomic mass is 10.1. The summed E-state index contributed by atoms with van der Waals surface area (Å²) < 4.78 is 0. The van der Waals surface area contributed by atoms with Crippen LogP contribution >= 0.6 is 11.6 Å². The summed E-state index contributed by atoms with van der Waals surface area (Å²) in [6.07, 6.45) is -0.572. The second kappa shape index (κ2) is 6.69. The maximum atomic E-state index is 11.7. The summed E-state index contributed by atoms with van der Waals surface area (Å²) in [6, 6.07) is 3.05. The molecule has 1 amide bonds. The molecular formula is C11H11ClN2O5. The molecule has 19 heavy (non-hydrogen) atoms. The zero-order chi connectivity index (χ0) is 14.4. The van der Waals surface area contributed by atoms with Gasteiger partial charge in [-0.2, -0.15) is 0 Å². The van der Waals surface area contributed by atoms with Crippen LogP contribution in [-0.4, -0.2) is 39.1 Å². The molecule has 1 aromatic rings. The minimum atomic E-state index is -1.31. The Morgan fingerprint density at radius 3 is 2.53 bits per heavy atom. The number of pyridine rings is 1. The predicted molar refractivity (Wildman–Crippen MR) is 65.0 cm³/mol. The first-order chi connectivity index (χ1) is 8.90. The molecule has 1 atom stereocenters. The number of aromatic nitrogens is 1. The molecule has 3 N–H and O–H groups in total. The van der Waals surface area contributed by atoms with Crippen LogP contribution in [0.3, 0.4) is 0 Å². The summed E-state index contributed by atoms with van der Waals surface area (Å²) in [7, 11) is 0. The molecule has 0 aromatic carbocycles. The van der Waals surface area contributed by atoms with E-state index < -0.39 is 23.9 Å². The first-order valence-electron chi connectivity index (χ1n) is 5.28. The van der Waals surface area contributed by atoms with E-state index in [0.717, 1.165) is 0 Å². The van der Waals surface area contributed by atoms with Gasteiger partial charge in [-0.1, -0.05) is 17.7 Å². The second-order valence-electron chi connectivity index (χ2n) is 3.64. The molecule has 0 radical (unpaired) electrons. The molecule has 1 aromatic heterocycles. The van der Waals surface area contributed by atoms with E-state index in [1.807, 2.05) is 0 Å². The normalized spacial score (nSPS) is 11.6. The van der Waals surface area contributed by atoms with Gasteiger partial charge in [-0.15, -0.1) is 0 Å². The van der Waals surface area contributed by atoms with Crippen molar-refractivity contribution in [2.45, 2.75) is 18.9 Å². The van der Waals surface area contributed by atoms with Gasteiger partial charge < -0.3 is 15.5 Å². The van der Waals surface area contributed by atoms with Crippen LogP contribution in [-0.2, 0) is 9.59 Å². The van der Waals surface area contributed by atoms with Crippen molar-refractivity contribution in [3.8, 4) is 0 Å². The highest BCUT2D eigenvalue weighted by Crippen LogP contribution is 2.06. The van der Waals surface area contributed by atoms with Crippen molar-refractivity contribution in [1.29, 1.82) is 0 Å². The zero-order valence-electron chi connectivity index (χ0n) is 9.67. The third-order valence-corrected chi connectivity index (χ3v) is 2.41. The molecule has 0 spiro atoms. The first-order valence-corrected chi connectivity index (χ1v) is 5.66. The summed E-state index contributed by atoms with van der Waals surface area (Å²) in [6.45, 7) is 0. The number of carboxylic acid groups (broad SMARTS) is 2. The Morgan fingerprint density at radius 1 is 1.32 bits per heavy atom. The third kappa shape index (κ3) is 4.92. The first kappa shape index (κ1) is 14.9. The molecule has 102 valence electrons. The van der Waals surface area contributed by atoms with E-state index in [0.29, 0.717) is 0 Å². The highest BCUT2D eigenvalue weighted by atomic mass is 35.5. The van der Waals surface area contributed by atoms with Crippen molar-refractivity contribution >= 4 is 29.4 Å². The number of carbonyl (C=O) groups is 3. The van der Waals surface area contributed by atoms with Crippen LogP contribution in [0.25, 0.3) is 0 Å². The van der Waals surface area contributed by atoms with Crippen molar-refractivity contribution in [3.63, 3.8) is 0 Å².